The van der Waals surface area contributed by atoms with Gasteiger partial charge >= 0.3 is 0 Å². The summed E-state index contributed by atoms with van der Waals surface area (Å²) >= 11 is 1.50. The lowest BCUT2D eigenvalue weighted by molar-refractivity contribution is 0.0689. The topological polar surface area (TPSA) is 80.1 Å². The number of hydrogen-bond acceptors (Lipinski definition) is 6. The van der Waals surface area contributed by atoms with Gasteiger partial charge in [0.25, 0.3) is 0 Å². The maximum atomic E-state index is 11.7. The molecule has 0 amide bonds. The van der Waals surface area contributed by atoms with Crippen LogP contribution in [0, 0.1) is 18.3 Å². The molecule has 0 aliphatic carbocycles. The van der Waals surface area contributed by atoms with E-state index in [9.17, 15) is 13.7 Å². The lowest BCUT2D eigenvalue weighted by atomic mass is 9.93. The third kappa shape index (κ3) is 5.20. The molecule has 1 heterocycles. The molecule has 0 fully saturated rings. The third-order valence-corrected chi connectivity index (χ3v) is 7.33. The summed E-state index contributed by atoms with van der Waals surface area (Å²) in [7, 11) is -3.24. The molecule has 1 aromatic heterocycles. The molecular weight excluding hydrogens is 452 g/mol. The van der Waals surface area contributed by atoms with E-state index >= 15 is 0 Å². The quantitative estimate of drug-likeness (QED) is 0.343. The predicted molar refractivity (Wildman–Crippen MR) is 130 cm³/mol. The van der Waals surface area contributed by atoms with Gasteiger partial charge < -0.3 is 4.74 Å². The second kappa shape index (κ2) is 9.67. The van der Waals surface area contributed by atoms with Gasteiger partial charge in [-0.3, -0.25) is 4.98 Å². The van der Waals surface area contributed by atoms with Crippen LogP contribution in [0.15, 0.2) is 83.3 Å². The summed E-state index contributed by atoms with van der Waals surface area (Å²) in [6.07, 6.45) is 2.60. The van der Waals surface area contributed by atoms with E-state index < -0.39 is 9.84 Å². The number of sulfone groups is 1. The van der Waals surface area contributed by atoms with E-state index in [4.69, 9.17) is 4.74 Å². The van der Waals surface area contributed by atoms with Crippen molar-refractivity contribution < 1.29 is 13.2 Å². The molecule has 166 valence electrons. The highest BCUT2D eigenvalue weighted by molar-refractivity contribution is 7.90. The van der Waals surface area contributed by atoms with Crippen LogP contribution in [0.25, 0.3) is 11.1 Å². The molecule has 0 bridgehead atoms. The molecule has 0 radical (unpaired) electrons. The minimum Gasteiger partial charge on any atom is -0.363 e. The molecule has 0 saturated heterocycles. The maximum absolute atomic E-state index is 11.7. The summed E-state index contributed by atoms with van der Waals surface area (Å²) in [5.41, 5.74) is 7.12. The van der Waals surface area contributed by atoms with Gasteiger partial charge in [-0.15, -0.1) is 11.3 Å². The van der Waals surface area contributed by atoms with Crippen molar-refractivity contribution in [3.63, 3.8) is 0 Å². The van der Waals surface area contributed by atoms with E-state index in [-0.39, 0.29) is 11.0 Å². The van der Waals surface area contributed by atoms with Gasteiger partial charge in [0.1, 0.15) is 6.10 Å². The molecule has 0 aliphatic rings. The zero-order valence-electron chi connectivity index (χ0n) is 18.2. The Balaban J connectivity index is 1.68. The van der Waals surface area contributed by atoms with Gasteiger partial charge in [0.15, 0.2) is 9.84 Å². The van der Waals surface area contributed by atoms with Gasteiger partial charge in [-0.05, 0) is 53.4 Å². The van der Waals surface area contributed by atoms with Crippen LogP contribution in [0.1, 0.15) is 33.2 Å². The van der Waals surface area contributed by atoms with Crippen molar-refractivity contribution in [1.82, 2.24) is 4.98 Å². The van der Waals surface area contributed by atoms with Gasteiger partial charge in [0.2, 0.25) is 0 Å². The van der Waals surface area contributed by atoms with Crippen molar-refractivity contribution in [3.05, 3.63) is 106 Å². The monoisotopic (exact) mass is 474 g/mol. The van der Waals surface area contributed by atoms with Gasteiger partial charge in [0, 0.05) is 18.0 Å². The number of benzene rings is 3. The van der Waals surface area contributed by atoms with E-state index in [0.717, 1.165) is 32.7 Å². The minimum atomic E-state index is -3.24. The zero-order chi connectivity index (χ0) is 23.4. The lowest BCUT2D eigenvalue weighted by Gasteiger charge is -2.19. The summed E-state index contributed by atoms with van der Waals surface area (Å²) in [6.45, 7) is 2.33. The van der Waals surface area contributed by atoms with Crippen LogP contribution in [-0.2, 0) is 21.2 Å². The molecule has 33 heavy (non-hydrogen) atoms. The van der Waals surface area contributed by atoms with E-state index in [0.29, 0.717) is 12.2 Å². The van der Waals surface area contributed by atoms with Crippen molar-refractivity contribution in [2.75, 3.05) is 6.26 Å². The molecule has 0 saturated carbocycles. The number of aryl methyl sites for hydroxylation is 1. The molecule has 4 rings (SSSR count). The lowest BCUT2D eigenvalue weighted by Crippen LogP contribution is -2.06. The van der Waals surface area contributed by atoms with Crippen molar-refractivity contribution >= 4 is 21.2 Å². The smallest absolute Gasteiger partial charge is 0.175 e. The van der Waals surface area contributed by atoms with E-state index in [1.807, 2.05) is 49.4 Å². The largest absolute Gasteiger partial charge is 0.363 e. The van der Waals surface area contributed by atoms with Crippen molar-refractivity contribution in [1.29, 1.82) is 5.26 Å². The molecular formula is C26H22N2O3S2. The molecule has 7 heteroatoms. The van der Waals surface area contributed by atoms with Gasteiger partial charge in [-0.2, -0.15) is 5.26 Å². The standard InChI is InChI=1S/C26H22N2O3S2/c1-18-5-3-4-6-23(18)24-13-20(9-10-21(24)14-27)26(25-15-28-17-32-25)31-16-19-7-11-22(12-8-19)33(2,29)30/h3-13,15,17,26H,16H2,1-2H3. The maximum Gasteiger partial charge on any atom is 0.175 e. The average Bonchev–Trinajstić information content (AvgIpc) is 3.34. The predicted octanol–water partition coefficient (Wildman–Crippen LogP) is 5.70. The van der Waals surface area contributed by atoms with Crippen LogP contribution < -0.4 is 0 Å². The number of hydrogen-bond donors (Lipinski definition) is 0. The molecule has 0 spiro atoms. The highest BCUT2D eigenvalue weighted by Gasteiger charge is 2.20. The molecule has 5 nitrogen and oxygen atoms in total. The van der Waals surface area contributed by atoms with Gasteiger partial charge in [-0.25, -0.2) is 8.42 Å². The molecule has 0 aliphatic heterocycles. The molecule has 4 aromatic rings. The minimum absolute atomic E-state index is 0.278. The molecule has 3 aromatic carbocycles. The van der Waals surface area contributed by atoms with Crippen LogP contribution in [0.2, 0.25) is 0 Å². The summed E-state index contributed by atoms with van der Waals surface area (Å²) in [5, 5.41) is 9.68. The first-order valence-corrected chi connectivity index (χ1v) is 13.0. The third-order valence-electron chi connectivity index (χ3n) is 5.38. The highest BCUT2D eigenvalue weighted by Crippen LogP contribution is 2.34. The van der Waals surface area contributed by atoms with Crippen molar-refractivity contribution in [3.8, 4) is 17.2 Å². The Morgan fingerprint density at radius 1 is 1.06 bits per heavy atom. The number of nitrogens with zero attached hydrogens (tertiary/aromatic N) is 2. The summed E-state index contributed by atoms with van der Waals surface area (Å²) in [6, 6.07) is 22.7. The van der Waals surface area contributed by atoms with Gasteiger partial charge in [0.05, 0.1) is 33.5 Å². The highest BCUT2D eigenvalue weighted by atomic mass is 32.2. The van der Waals surface area contributed by atoms with Crippen molar-refractivity contribution in [2.45, 2.75) is 24.5 Å². The fourth-order valence-electron chi connectivity index (χ4n) is 3.63. The fourth-order valence-corrected chi connectivity index (χ4v) is 4.95. The molecule has 0 N–H and O–H groups in total. The van der Waals surface area contributed by atoms with Crippen LogP contribution >= 0.6 is 11.3 Å². The second-order valence-corrected chi connectivity index (χ2v) is 10.7. The average molecular weight is 475 g/mol. The zero-order valence-corrected chi connectivity index (χ0v) is 19.9. The first-order chi connectivity index (χ1) is 15.9. The van der Waals surface area contributed by atoms with Crippen molar-refractivity contribution in [2.24, 2.45) is 0 Å². The Bertz CT molecular complexity index is 1400. The van der Waals surface area contributed by atoms with Crippen LogP contribution in [-0.4, -0.2) is 19.7 Å². The van der Waals surface area contributed by atoms with Crippen LogP contribution in [0.4, 0.5) is 0 Å². The summed E-state index contributed by atoms with van der Waals surface area (Å²) in [5.74, 6) is 0. The van der Waals surface area contributed by atoms with Crippen LogP contribution in [0.3, 0.4) is 0 Å². The Morgan fingerprint density at radius 3 is 2.45 bits per heavy atom. The first-order valence-electron chi connectivity index (χ1n) is 10.3. The number of aromatic nitrogens is 1. The summed E-state index contributed by atoms with van der Waals surface area (Å²) < 4.78 is 29.7. The van der Waals surface area contributed by atoms with Crippen LogP contribution in [0.5, 0.6) is 0 Å². The Kier molecular flexibility index (Phi) is 6.70. The molecule has 1 unspecified atom stereocenters. The SMILES string of the molecule is Cc1ccccc1-c1cc(C(OCc2ccc(S(C)(=O)=O)cc2)c2cncs2)ccc1C#N. The Morgan fingerprint density at radius 2 is 1.82 bits per heavy atom. The first kappa shape index (κ1) is 22.9. The fraction of sp³-hybridized carbons (Fsp3) is 0.154. The molecule has 1 atom stereocenters. The Hall–Kier alpha value is -3.31. The van der Waals surface area contributed by atoms with E-state index in [1.165, 1.54) is 17.6 Å². The second-order valence-electron chi connectivity index (χ2n) is 7.74. The van der Waals surface area contributed by atoms with E-state index in [1.54, 1.807) is 36.0 Å². The van der Waals surface area contributed by atoms with E-state index in [2.05, 4.69) is 11.1 Å². The number of thiazole rings is 1. The summed E-state index contributed by atoms with van der Waals surface area (Å²) in [4.78, 5) is 5.44. The normalized spacial score (nSPS) is 12.3. The van der Waals surface area contributed by atoms with Gasteiger partial charge in [-0.1, -0.05) is 42.5 Å². The number of nitriles is 1. The number of rotatable bonds is 7. The number of ether oxygens (including phenoxy) is 1. The Labute approximate surface area is 197 Å².